The number of anilines is 1. The largest absolute Gasteiger partial charge is 0.480 e. The SMILES string of the molecule is CCc1cc(C(=O)Nc2ccc(C(=O)NC(C)C(=O)O)cc2)oc1CC. The maximum absolute atomic E-state index is 12.3. The van der Waals surface area contributed by atoms with Gasteiger partial charge in [-0.1, -0.05) is 13.8 Å². The molecule has 1 aromatic carbocycles. The van der Waals surface area contributed by atoms with Gasteiger partial charge in [-0.05, 0) is 49.2 Å². The molecule has 2 rings (SSSR count). The summed E-state index contributed by atoms with van der Waals surface area (Å²) in [4.78, 5) is 35.0. The Morgan fingerprint density at radius 3 is 2.23 bits per heavy atom. The third-order valence-electron chi connectivity index (χ3n) is 3.95. The first-order valence-corrected chi connectivity index (χ1v) is 8.42. The van der Waals surface area contributed by atoms with Crippen molar-refractivity contribution in [2.75, 3.05) is 5.32 Å². The lowest BCUT2D eigenvalue weighted by Crippen LogP contribution is -2.38. The van der Waals surface area contributed by atoms with Gasteiger partial charge in [-0.25, -0.2) is 0 Å². The van der Waals surface area contributed by atoms with E-state index in [2.05, 4.69) is 10.6 Å². The minimum atomic E-state index is -1.11. The van der Waals surface area contributed by atoms with Crippen molar-refractivity contribution in [1.29, 1.82) is 0 Å². The van der Waals surface area contributed by atoms with Crippen molar-refractivity contribution >= 4 is 23.5 Å². The number of benzene rings is 1. The number of hydrogen-bond acceptors (Lipinski definition) is 4. The van der Waals surface area contributed by atoms with Crippen LogP contribution in [0, 0.1) is 0 Å². The molecule has 0 bridgehead atoms. The molecule has 26 heavy (non-hydrogen) atoms. The van der Waals surface area contributed by atoms with Crippen LogP contribution in [0.3, 0.4) is 0 Å². The molecular weight excluding hydrogens is 336 g/mol. The van der Waals surface area contributed by atoms with Crippen LogP contribution >= 0.6 is 0 Å². The number of aryl methyl sites for hydroxylation is 2. The van der Waals surface area contributed by atoms with E-state index in [0.29, 0.717) is 11.3 Å². The maximum atomic E-state index is 12.3. The van der Waals surface area contributed by atoms with Gasteiger partial charge in [-0.3, -0.25) is 14.4 Å². The van der Waals surface area contributed by atoms with Gasteiger partial charge in [0.2, 0.25) is 0 Å². The lowest BCUT2D eigenvalue weighted by atomic mass is 10.1. The summed E-state index contributed by atoms with van der Waals surface area (Å²) in [6.45, 7) is 5.35. The fraction of sp³-hybridized carbons (Fsp3) is 0.316. The molecule has 0 saturated heterocycles. The Balaban J connectivity index is 2.04. The third kappa shape index (κ3) is 4.50. The predicted octanol–water partition coefficient (Wildman–Crippen LogP) is 2.86. The highest BCUT2D eigenvalue weighted by molar-refractivity contribution is 6.03. The van der Waals surface area contributed by atoms with Crippen molar-refractivity contribution in [2.24, 2.45) is 0 Å². The lowest BCUT2D eigenvalue weighted by Gasteiger charge is -2.09. The van der Waals surface area contributed by atoms with Crippen LogP contribution in [0.25, 0.3) is 0 Å². The summed E-state index contributed by atoms with van der Waals surface area (Å²) in [7, 11) is 0. The van der Waals surface area contributed by atoms with E-state index in [9.17, 15) is 14.4 Å². The molecule has 0 aliphatic rings. The predicted molar refractivity (Wildman–Crippen MR) is 96.4 cm³/mol. The van der Waals surface area contributed by atoms with Gasteiger partial charge in [0.05, 0.1) is 0 Å². The zero-order valence-corrected chi connectivity index (χ0v) is 15.0. The average Bonchev–Trinajstić information content (AvgIpc) is 3.05. The lowest BCUT2D eigenvalue weighted by molar-refractivity contribution is -0.138. The molecule has 138 valence electrons. The smallest absolute Gasteiger partial charge is 0.325 e. The van der Waals surface area contributed by atoms with Crippen molar-refractivity contribution in [3.63, 3.8) is 0 Å². The Labute approximate surface area is 151 Å². The molecule has 1 atom stereocenters. The summed E-state index contributed by atoms with van der Waals surface area (Å²) in [5.74, 6) is -0.924. The molecule has 7 heteroatoms. The van der Waals surface area contributed by atoms with E-state index in [0.717, 1.165) is 24.2 Å². The number of carboxylic acids is 1. The summed E-state index contributed by atoms with van der Waals surface area (Å²) in [5, 5.41) is 13.9. The van der Waals surface area contributed by atoms with Gasteiger partial charge >= 0.3 is 5.97 Å². The molecule has 0 radical (unpaired) electrons. The normalized spacial score (nSPS) is 11.7. The summed E-state index contributed by atoms with van der Waals surface area (Å²) < 4.78 is 5.59. The van der Waals surface area contributed by atoms with Crippen LogP contribution in [0.5, 0.6) is 0 Å². The van der Waals surface area contributed by atoms with Crippen molar-refractivity contribution < 1.29 is 23.9 Å². The third-order valence-corrected chi connectivity index (χ3v) is 3.95. The highest BCUT2D eigenvalue weighted by atomic mass is 16.4. The summed E-state index contributed by atoms with van der Waals surface area (Å²) in [6, 6.07) is 6.92. The van der Waals surface area contributed by atoms with Gasteiger partial charge in [-0.2, -0.15) is 0 Å². The highest BCUT2D eigenvalue weighted by Gasteiger charge is 2.17. The first-order chi connectivity index (χ1) is 12.3. The van der Waals surface area contributed by atoms with Crippen LogP contribution in [0.15, 0.2) is 34.7 Å². The standard InChI is InChI=1S/C19H22N2O5/c1-4-12-10-16(26-15(12)5-2)18(23)21-14-8-6-13(7-9-14)17(22)20-11(3)19(24)25/h6-11H,4-5H2,1-3H3,(H,20,22)(H,21,23)(H,24,25). The van der Waals surface area contributed by atoms with E-state index in [1.165, 1.54) is 19.1 Å². The van der Waals surface area contributed by atoms with Gasteiger partial charge in [0, 0.05) is 17.7 Å². The number of rotatable bonds is 7. The minimum absolute atomic E-state index is 0.246. The first kappa shape index (κ1) is 19.2. The molecule has 3 N–H and O–H groups in total. The fourth-order valence-electron chi connectivity index (χ4n) is 2.42. The van der Waals surface area contributed by atoms with Gasteiger partial charge in [0.15, 0.2) is 5.76 Å². The molecule has 7 nitrogen and oxygen atoms in total. The van der Waals surface area contributed by atoms with Crippen LogP contribution in [-0.4, -0.2) is 28.9 Å². The Morgan fingerprint density at radius 2 is 1.73 bits per heavy atom. The molecule has 1 aromatic heterocycles. The quantitative estimate of drug-likeness (QED) is 0.705. The Kier molecular flexibility index (Phi) is 6.16. The summed E-state index contributed by atoms with van der Waals surface area (Å²) in [5.41, 5.74) is 1.82. The Bertz CT molecular complexity index is 786. The second-order valence-corrected chi connectivity index (χ2v) is 5.83. The number of carbonyl (C=O) groups is 3. The number of amides is 2. The van der Waals surface area contributed by atoms with Gasteiger partial charge < -0.3 is 20.2 Å². The van der Waals surface area contributed by atoms with Crippen LogP contribution in [0.1, 0.15) is 53.0 Å². The zero-order chi connectivity index (χ0) is 19.3. The van der Waals surface area contributed by atoms with Crippen molar-refractivity contribution in [2.45, 2.75) is 39.7 Å². The first-order valence-electron chi connectivity index (χ1n) is 8.42. The number of aliphatic carboxylic acids is 1. The van der Waals surface area contributed by atoms with Gasteiger partial charge in [-0.15, -0.1) is 0 Å². The number of carboxylic acid groups (broad SMARTS) is 1. The Hall–Kier alpha value is -3.09. The van der Waals surface area contributed by atoms with Crippen molar-refractivity contribution in [1.82, 2.24) is 5.32 Å². The maximum Gasteiger partial charge on any atom is 0.325 e. The van der Waals surface area contributed by atoms with Crippen LogP contribution < -0.4 is 10.6 Å². The van der Waals surface area contributed by atoms with E-state index in [-0.39, 0.29) is 11.7 Å². The fourth-order valence-corrected chi connectivity index (χ4v) is 2.42. The van der Waals surface area contributed by atoms with Crippen LogP contribution in [0.4, 0.5) is 5.69 Å². The average molecular weight is 358 g/mol. The number of nitrogens with one attached hydrogen (secondary N) is 2. The van der Waals surface area contributed by atoms with E-state index >= 15 is 0 Å². The molecule has 2 amide bonds. The van der Waals surface area contributed by atoms with Gasteiger partial charge in [0.25, 0.3) is 11.8 Å². The minimum Gasteiger partial charge on any atom is -0.480 e. The second kappa shape index (κ2) is 8.33. The van der Waals surface area contributed by atoms with E-state index in [1.807, 2.05) is 13.8 Å². The molecule has 0 fully saturated rings. The molecule has 0 spiro atoms. The van der Waals surface area contributed by atoms with E-state index in [1.54, 1.807) is 18.2 Å². The highest BCUT2D eigenvalue weighted by Crippen LogP contribution is 2.19. The number of furan rings is 1. The van der Waals surface area contributed by atoms with Crippen molar-refractivity contribution in [3.8, 4) is 0 Å². The summed E-state index contributed by atoms with van der Waals surface area (Å²) in [6.07, 6.45) is 1.51. The van der Waals surface area contributed by atoms with Crippen molar-refractivity contribution in [3.05, 3.63) is 53.0 Å². The monoisotopic (exact) mass is 358 g/mol. The van der Waals surface area contributed by atoms with Crippen LogP contribution in [-0.2, 0) is 17.6 Å². The molecular formula is C19H22N2O5. The molecule has 0 aliphatic carbocycles. The Morgan fingerprint density at radius 1 is 1.08 bits per heavy atom. The van der Waals surface area contributed by atoms with E-state index in [4.69, 9.17) is 9.52 Å². The molecule has 2 aromatic rings. The van der Waals surface area contributed by atoms with Gasteiger partial charge in [0.1, 0.15) is 11.8 Å². The summed E-state index contributed by atoms with van der Waals surface area (Å²) >= 11 is 0. The van der Waals surface area contributed by atoms with E-state index < -0.39 is 17.9 Å². The molecule has 1 unspecified atom stereocenters. The molecule has 0 aliphatic heterocycles. The zero-order valence-electron chi connectivity index (χ0n) is 15.0. The topological polar surface area (TPSA) is 109 Å². The molecule has 1 heterocycles. The van der Waals surface area contributed by atoms with Crippen LogP contribution in [0.2, 0.25) is 0 Å². The number of carbonyl (C=O) groups excluding carboxylic acids is 2. The molecule has 0 saturated carbocycles. The second-order valence-electron chi connectivity index (χ2n) is 5.83. The number of hydrogen-bond donors (Lipinski definition) is 3.